The van der Waals surface area contributed by atoms with Gasteiger partial charge in [0.25, 0.3) is 0 Å². The molecule has 0 spiro atoms. The van der Waals surface area contributed by atoms with Crippen molar-refractivity contribution in [3.05, 3.63) is 24.3 Å². The number of phenolic OH excluding ortho intramolecular Hbond substituents is 2. The van der Waals surface area contributed by atoms with Gasteiger partial charge in [-0.2, -0.15) is 0 Å². The van der Waals surface area contributed by atoms with Crippen LogP contribution in [0.3, 0.4) is 0 Å². The number of aryl methyl sites for hydroxylation is 1. The summed E-state index contributed by atoms with van der Waals surface area (Å²) >= 11 is 0. The minimum Gasteiger partial charge on any atom is -0.504 e. The number of hydrogen-bond donors (Lipinski definition) is 4. The summed E-state index contributed by atoms with van der Waals surface area (Å²) in [7, 11) is 1.75. The van der Waals surface area contributed by atoms with Gasteiger partial charge in [-0.3, -0.25) is 0 Å². The number of fused-ring (bicyclic) bond motifs is 3. The van der Waals surface area contributed by atoms with E-state index in [0.717, 1.165) is 10.8 Å². The van der Waals surface area contributed by atoms with Crippen LogP contribution in [0.2, 0.25) is 0 Å². The van der Waals surface area contributed by atoms with Crippen LogP contribution in [0, 0.1) is 0 Å². The van der Waals surface area contributed by atoms with Crippen molar-refractivity contribution in [2.45, 2.75) is 0 Å². The van der Waals surface area contributed by atoms with Gasteiger partial charge in [0.15, 0.2) is 11.5 Å². The molecule has 92 valence electrons. The molecule has 0 amide bonds. The zero-order chi connectivity index (χ0) is 13.0. The lowest BCUT2D eigenvalue weighted by atomic mass is 10.1. The summed E-state index contributed by atoms with van der Waals surface area (Å²) < 4.78 is 1.70. The Morgan fingerprint density at radius 2 is 1.22 bits per heavy atom. The summed E-state index contributed by atoms with van der Waals surface area (Å²) in [6.45, 7) is 0. The number of anilines is 2. The molecule has 0 aliphatic rings. The zero-order valence-electron chi connectivity index (χ0n) is 9.81. The van der Waals surface area contributed by atoms with Crippen molar-refractivity contribution in [1.29, 1.82) is 0 Å². The van der Waals surface area contributed by atoms with E-state index in [9.17, 15) is 10.2 Å². The molecule has 18 heavy (non-hydrogen) atoms. The summed E-state index contributed by atoms with van der Waals surface area (Å²) in [6.07, 6.45) is 0. The topological polar surface area (TPSA) is 97.4 Å². The molecule has 1 aromatic heterocycles. The van der Waals surface area contributed by atoms with Crippen LogP contribution in [0.5, 0.6) is 11.5 Å². The molecule has 0 saturated heterocycles. The lowest BCUT2D eigenvalue weighted by Gasteiger charge is -2.04. The van der Waals surface area contributed by atoms with E-state index in [-0.39, 0.29) is 11.5 Å². The third-order valence-electron chi connectivity index (χ3n) is 3.33. The van der Waals surface area contributed by atoms with Gasteiger partial charge in [-0.1, -0.05) is 0 Å². The molecule has 0 bridgehead atoms. The first-order chi connectivity index (χ1) is 8.52. The van der Waals surface area contributed by atoms with Gasteiger partial charge in [-0.25, -0.2) is 0 Å². The van der Waals surface area contributed by atoms with Crippen LogP contribution < -0.4 is 11.5 Å². The summed E-state index contributed by atoms with van der Waals surface area (Å²) in [5.74, 6) is 0.0355. The third kappa shape index (κ3) is 1.10. The summed E-state index contributed by atoms with van der Waals surface area (Å²) in [5, 5.41) is 21.7. The van der Waals surface area contributed by atoms with E-state index in [1.807, 2.05) is 12.1 Å². The Bertz CT molecular complexity index is 725. The molecular formula is C13H13N3O2. The molecule has 0 aliphatic heterocycles. The zero-order valence-corrected chi connectivity index (χ0v) is 9.81. The second kappa shape index (κ2) is 3.22. The molecule has 0 unspecified atom stereocenters. The second-order valence-electron chi connectivity index (χ2n) is 4.36. The molecule has 6 N–H and O–H groups in total. The van der Waals surface area contributed by atoms with E-state index in [1.54, 1.807) is 23.7 Å². The Kier molecular flexibility index (Phi) is 1.90. The van der Waals surface area contributed by atoms with Crippen molar-refractivity contribution < 1.29 is 10.2 Å². The Morgan fingerprint density at radius 1 is 0.833 bits per heavy atom. The van der Waals surface area contributed by atoms with Gasteiger partial charge in [0.2, 0.25) is 0 Å². The van der Waals surface area contributed by atoms with Gasteiger partial charge in [0.1, 0.15) is 0 Å². The molecule has 0 fully saturated rings. The Morgan fingerprint density at radius 3 is 1.61 bits per heavy atom. The minimum absolute atomic E-state index is 0.0178. The van der Waals surface area contributed by atoms with Crippen LogP contribution in [-0.2, 0) is 7.05 Å². The fourth-order valence-electron chi connectivity index (χ4n) is 2.42. The molecule has 3 rings (SSSR count). The Hall–Kier alpha value is -2.56. The van der Waals surface area contributed by atoms with E-state index < -0.39 is 0 Å². The quantitative estimate of drug-likeness (QED) is 0.358. The fourth-order valence-corrected chi connectivity index (χ4v) is 2.42. The lowest BCUT2D eigenvalue weighted by Crippen LogP contribution is -1.92. The molecule has 5 nitrogen and oxygen atoms in total. The van der Waals surface area contributed by atoms with E-state index in [0.29, 0.717) is 22.4 Å². The number of phenols is 2. The molecule has 0 radical (unpaired) electrons. The fraction of sp³-hybridized carbons (Fsp3) is 0.0769. The molecule has 1 heterocycles. The normalized spacial score (nSPS) is 11.4. The molecule has 0 saturated carbocycles. The predicted octanol–water partition coefficient (Wildman–Crippen LogP) is 1.91. The van der Waals surface area contributed by atoms with Crippen molar-refractivity contribution in [3.8, 4) is 11.5 Å². The van der Waals surface area contributed by atoms with Crippen molar-refractivity contribution in [2.75, 3.05) is 11.5 Å². The van der Waals surface area contributed by atoms with Crippen molar-refractivity contribution >= 4 is 33.2 Å². The number of nitrogen functional groups attached to an aromatic ring is 2. The number of rotatable bonds is 0. The van der Waals surface area contributed by atoms with Crippen molar-refractivity contribution in [1.82, 2.24) is 4.57 Å². The minimum atomic E-state index is 0.0178. The number of nitrogens with zero attached hydrogens (tertiary/aromatic N) is 1. The lowest BCUT2D eigenvalue weighted by molar-refractivity contribution is 0.478. The number of benzene rings is 2. The number of aromatic hydroxyl groups is 2. The van der Waals surface area contributed by atoms with Gasteiger partial charge in [0.05, 0.1) is 22.4 Å². The average molecular weight is 243 g/mol. The first-order valence-electron chi connectivity index (χ1n) is 5.49. The molecule has 5 heteroatoms. The Balaban J connectivity index is 2.67. The van der Waals surface area contributed by atoms with Gasteiger partial charge < -0.3 is 26.2 Å². The van der Waals surface area contributed by atoms with Gasteiger partial charge in [-0.05, 0) is 24.3 Å². The standard InChI is InChI=1S/C13H13N3O2/c1-16-10-6(2-4-8(14)12(10)17)7-3-5-9(15)13(18)11(7)16/h2-5,17-18H,14-15H2,1H3. The SMILES string of the molecule is Cn1c2c(O)c(N)ccc2c2ccc(N)c(O)c21. The maximum atomic E-state index is 10.0. The molecule has 3 aromatic rings. The van der Waals surface area contributed by atoms with Crippen LogP contribution in [0.15, 0.2) is 24.3 Å². The first kappa shape index (κ1) is 10.6. The third-order valence-corrected chi connectivity index (χ3v) is 3.33. The molecule has 0 atom stereocenters. The maximum absolute atomic E-state index is 10.0. The van der Waals surface area contributed by atoms with Gasteiger partial charge >= 0.3 is 0 Å². The predicted molar refractivity (Wildman–Crippen MR) is 72.6 cm³/mol. The molecule has 2 aromatic carbocycles. The highest BCUT2D eigenvalue weighted by atomic mass is 16.3. The first-order valence-corrected chi connectivity index (χ1v) is 5.49. The van der Waals surface area contributed by atoms with E-state index in [2.05, 4.69) is 0 Å². The van der Waals surface area contributed by atoms with Crippen molar-refractivity contribution in [3.63, 3.8) is 0 Å². The van der Waals surface area contributed by atoms with E-state index in [4.69, 9.17) is 11.5 Å². The summed E-state index contributed by atoms with van der Waals surface area (Å²) in [6, 6.07) is 6.93. The highest BCUT2D eigenvalue weighted by molar-refractivity contribution is 6.13. The van der Waals surface area contributed by atoms with Crippen LogP contribution in [0.1, 0.15) is 0 Å². The largest absolute Gasteiger partial charge is 0.504 e. The van der Waals surface area contributed by atoms with E-state index in [1.165, 1.54) is 0 Å². The monoisotopic (exact) mass is 243 g/mol. The smallest absolute Gasteiger partial charge is 0.163 e. The Labute approximate surface area is 103 Å². The molecule has 0 aliphatic carbocycles. The van der Waals surface area contributed by atoms with Crippen LogP contribution in [-0.4, -0.2) is 14.8 Å². The number of nitrogens with two attached hydrogens (primary N) is 2. The van der Waals surface area contributed by atoms with Crippen LogP contribution in [0.4, 0.5) is 11.4 Å². The summed E-state index contributed by atoms with van der Waals surface area (Å²) in [4.78, 5) is 0. The average Bonchev–Trinajstić information content (AvgIpc) is 2.63. The highest BCUT2D eigenvalue weighted by Crippen LogP contribution is 2.41. The van der Waals surface area contributed by atoms with Crippen LogP contribution in [0.25, 0.3) is 21.8 Å². The van der Waals surface area contributed by atoms with E-state index >= 15 is 0 Å². The van der Waals surface area contributed by atoms with Gasteiger partial charge in [-0.15, -0.1) is 0 Å². The van der Waals surface area contributed by atoms with Crippen LogP contribution >= 0.6 is 0 Å². The number of aromatic nitrogens is 1. The number of hydrogen-bond acceptors (Lipinski definition) is 4. The second-order valence-corrected chi connectivity index (χ2v) is 4.36. The maximum Gasteiger partial charge on any atom is 0.163 e. The molecular weight excluding hydrogens is 230 g/mol. The highest BCUT2D eigenvalue weighted by Gasteiger charge is 2.16. The van der Waals surface area contributed by atoms with Gasteiger partial charge in [0, 0.05) is 17.8 Å². The van der Waals surface area contributed by atoms with Crippen molar-refractivity contribution in [2.24, 2.45) is 7.05 Å². The summed E-state index contributed by atoms with van der Waals surface area (Å²) in [5.41, 5.74) is 13.2.